The van der Waals surface area contributed by atoms with E-state index in [0.717, 1.165) is 37.8 Å². The number of nitrogens with one attached hydrogen (secondary N) is 2. The summed E-state index contributed by atoms with van der Waals surface area (Å²) in [6, 6.07) is 10.0. The highest BCUT2D eigenvalue weighted by atomic mass is 19.2. The van der Waals surface area contributed by atoms with Gasteiger partial charge in [-0.15, -0.1) is 0 Å². The summed E-state index contributed by atoms with van der Waals surface area (Å²) in [4.78, 5) is 25.7. The molecule has 30 heavy (non-hydrogen) atoms. The topological polar surface area (TPSA) is 71.3 Å². The van der Waals surface area contributed by atoms with Gasteiger partial charge >= 0.3 is 0 Å². The van der Waals surface area contributed by atoms with Gasteiger partial charge in [0.25, 0.3) is 5.91 Å². The number of benzene rings is 2. The molecule has 0 saturated carbocycles. The molecule has 0 atom stereocenters. The van der Waals surface area contributed by atoms with Gasteiger partial charge in [-0.25, -0.2) is 8.78 Å². The van der Waals surface area contributed by atoms with Crippen LogP contribution in [0, 0.1) is 17.6 Å². The quantitative estimate of drug-likeness (QED) is 0.467. The summed E-state index contributed by atoms with van der Waals surface area (Å²) < 4.78 is 32.3. The molecule has 0 aliphatic carbocycles. The Hall–Kier alpha value is -3.22. The Morgan fingerprint density at radius 1 is 0.967 bits per heavy atom. The number of fused-ring (bicyclic) bond motifs is 1. The van der Waals surface area contributed by atoms with Crippen LogP contribution in [-0.4, -0.2) is 11.8 Å². The van der Waals surface area contributed by atoms with E-state index < -0.39 is 17.5 Å². The lowest BCUT2D eigenvalue weighted by atomic mass is 9.97. The molecule has 0 bridgehead atoms. The number of rotatable bonds is 8. The lowest BCUT2D eigenvalue weighted by Crippen LogP contribution is -2.24. The van der Waals surface area contributed by atoms with Crippen LogP contribution in [0.5, 0.6) is 0 Å². The summed E-state index contributed by atoms with van der Waals surface area (Å²) in [6.07, 6.45) is 3.22. The number of anilines is 2. The van der Waals surface area contributed by atoms with Gasteiger partial charge < -0.3 is 15.1 Å². The van der Waals surface area contributed by atoms with Crippen LogP contribution in [0.2, 0.25) is 0 Å². The normalized spacial score (nSPS) is 11.1. The molecule has 0 spiro atoms. The molecule has 7 heteroatoms. The maximum Gasteiger partial charge on any atom is 0.293 e. The standard InChI is InChI=1S/C23H24F2N2O3/c1-3-7-14(8-4-2)22(28)27-20-16-9-5-6-10-19(16)30-21(20)23(29)26-15-11-12-17(24)18(25)13-15/h5-6,9-14H,3-4,7-8H2,1-2H3,(H,26,29)(H,27,28). The van der Waals surface area contributed by atoms with Gasteiger partial charge in [0.05, 0.1) is 0 Å². The fourth-order valence-corrected chi connectivity index (χ4v) is 3.42. The Bertz CT molecular complexity index is 1060. The van der Waals surface area contributed by atoms with Gasteiger partial charge in [-0.2, -0.15) is 0 Å². The van der Waals surface area contributed by atoms with Crippen LogP contribution in [0.25, 0.3) is 11.0 Å². The monoisotopic (exact) mass is 414 g/mol. The largest absolute Gasteiger partial charge is 0.449 e. The zero-order valence-electron chi connectivity index (χ0n) is 16.9. The number of carbonyl (C=O) groups is 2. The fourth-order valence-electron chi connectivity index (χ4n) is 3.42. The van der Waals surface area contributed by atoms with E-state index in [-0.39, 0.29) is 29.0 Å². The van der Waals surface area contributed by atoms with Crippen LogP contribution in [0.4, 0.5) is 20.2 Å². The first-order chi connectivity index (χ1) is 14.4. The van der Waals surface area contributed by atoms with E-state index in [4.69, 9.17) is 4.42 Å². The molecule has 5 nitrogen and oxygen atoms in total. The van der Waals surface area contributed by atoms with Crippen LogP contribution >= 0.6 is 0 Å². The molecular weight excluding hydrogens is 390 g/mol. The van der Waals surface area contributed by atoms with E-state index in [1.165, 1.54) is 6.07 Å². The number of furan rings is 1. The van der Waals surface area contributed by atoms with Crippen molar-refractivity contribution in [3.05, 3.63) is 59.9 Å². The number of halogens is 2. The van der Waals surface area contributed by atoms with Gasteiger partial charge in [0, 0.05) is 23.1 Å². The molecule has 2 amide bonds. The lowest BCUT2D eigenvalue weighted by Gasteiger charge is -2.15. The number of para-hydroxylation sites is 1. The molecule has 0 aliphatic heterocycles. The van der Waals surface area contributed by atoms with Gasteiger partial charge in [-0.3, -0.25) is 9.59 Å². The Balaban J connectivity index is 1.93. The highest BCUT2D eigenvalue weighted by molar-refractivity contribution is 6.14. The molecule has 0 radical (unpaired) electrons. The van der Waals surface area contributed by atoms with Gasteiger partial charge in [-0.05, 0) is 37.1 Å². The van der Waals surface area contributed by atoms with E-state index in [2.05, 4.69) is 10.6 Å². The summed E-state index contributed by atoms with van der Waals surface area (Å²) in [7, 11) is 0. The van der Waals surface area contributed by atoms with Crippen molar-refractivity contribution >= 4 is 34.2 Å². The second kappa shape index (κ2) is 9.52. The molecule has 1 aromatic heterocycles. The third-order valence-corrected chi connectivity index (χ3v) is 4.87. The second-order valence-electron chi connectivity index (χ2n) is 7.15. The highest BCUT2D eigenvalue weighted by Crippen LogP contribution is 2.32. The van der Waals surface area contributed by atoms with Crippen LogP contribution in [0.3, 0.4) is 0 Å². The molecule has 1 heterocycles. The van der Waals surface area contributed by atoms with Crippen molar-refractivity contribution in [3.63, 3.8) is 0 Å². The van der Waals surface area contributed by atoms with Crippen molar-refractivity contribution in [2.45, 2.75) is 39.5 Å². The Kier molecular flexibility index (Phi) is 6.82. The van der Waals surface area contributed by atoms with Crippen LogP contribution < -0.4 is 10.6 Å². The first-order valence-electron chi connectivity index (χ1n) is 10.0. The molecule has 158 valence electrons. The Morgan fingerprint density at radius 2 is 1.67 bits per heavy atom. The average Bonchev–Trinajstić information content (AvgIpc) is 3.09. The molecule has 0 fully saturated rings. The van der Waals surface area contributed by atoms with E-state index >= 15 is 0 Å². The van der Waals surface area contributed by atoms with Crippen LogP contribution in [0.1, 0.15) is 50.1 Å². The molecule has 3 rings (SSSR count). The zero-order valence-corrected chi connectivity index (χ0v) is 16.9. The van der Waals surface area contributed by atoms with Crippen molar-refractivity contribution < 1.29 is 22.8 Å². The van der Waals surface area contributed by atoms with E-state index in [1.807, 2.05) is 13.8 Å². The fraction of sp³-hybridized carbons (Fsp3) is 0.304. The van der Waals surface area contributed by atoms with Crippen molar-refractivity contribution in [1.82, 2.24) is 0 Å². The summed E-state index contributed by atoms with van der Waals surface area (Å²) >= 11 is 0. The van der Waals surface area contributed by atoms with Crippen LogP contribution in [0.15, 0.2) is 46.9 Å². The summed E-state index contributed by atoms with van der Waals surface area (Å²) in [6.45, 7) is 4.04. The van der Waals surface area contributed by atoms with Gasteiger partial charge in [-0.1, -0.05) is 38.8 Å². The van der Waals surface area contributed by atoms with E-state index in [0.29, 0.717) is 11.0 Å². The van der Waals surface area contributed by atoms with Crippen molar-refractivity contribution in [2.24, 2.45) is 5.92 Å². The summed E-state index contributed by atoms with van der Waals surface area (Å²) in [5, 5.41) is 5.94. The Labute approximate surface area is 173 Å². The predicted octanol–water partition coefficient (Wildman–Crippen LogP) is 6.12. The molecule has 0 saturated heterocycles. The molecule has 0 unspecified atom stereocenters. The average molecular weight is 414 g/mol. The molecule has 2 aromatic carbocycles. The maximum absolute atomic E-state index is 13.5. The minimum absolute atomic E-state index is 0.0754. The first kappa shape index (κ1) is 21.5. The summed E-state index contributed by atoms with van der Waals surface area (Å²) in [5.41, 5.74) is 0.783. The van der Waals surface area contributed by atoms with E-state index in [1.54, 1.807) is 24.3 Å². The smallest absolute Gasteiger partial charge is 0.293 e. The molecule has 0 aliphatic rings. The third-order valence-electron chi connectivity index (χ3n) is 4.87. The van der Waals surface area contributed by atoms with E-state index in [9.17, 15) is 18.4 Å². The number of amides is 2. The van der Waals surface area contributed by atoms with Gasteiger partial charge in [0.2, 0.25) is 11.7 Å². The lowest BCUT2D eigenvalue weighted by molar-refractivity contribution is -0.120. The predicted molar refractivity (Wildman–Crippen MR) is 112 cm³/mol. The third kappa shape index (κ3) is 4.67. The molecule has 3 aromatic rings. The SMILES string of the molecule is CCCC(CCC)C(=O)Nc1c(C(=O)Nc2ccc(F)c(F)c2)oc2ccccc12. The summed E-state index contributed by atoms with van der Waals surface area (Å²) in [5.74, 6) is -3.20. The maximum atomic E-state index is 13.5. The minimum Gasteiger partial charge on any atom is -0.449 e. The van der Waals surface area contributed by atoms with Crippen LogP contribution in [-0.2, 0) is 4.79 Å². The number of hydrogen-bond donors (Lipinski definition) is 2. The molecular formula is C23H24F2N2O3. The van der Waals surface area contributed by atoms with Gasteiger partial charge in [0.1, 0.15) is 11.3 Å². The first-order valence-corrected chi connectivity index (χ1v) is 10.0. The van der Waals surface area contributed by atoms with Gasteiger partial charge in [0.15, 0.2) is 11.6 Å². The van der Waals surface area contributed by atoms with Crippen molar-refractivity contribution in [1.29, 1.82) is 0 Å². The minimum atomic E-state index is -1.08. The number of hydrogen-bond acceptors (Lipinski definition) is 3. The highest BCUT2D eigenvalue weighted by Gasteiger charge is 2.25. The second-order valence-corrected chi connectivity index (χ2v) is 7.15. The van der Waals surface area contributed by atoms with Crippen molar-refractivity contribution in [3.8, 4) is 0 Å². The van der Waals surface area contributed by atoms with Crippen molar-refractivity contribution in [2.75, 3.05) is 10.6 Å². The molecule has 2 N–H and O–H groups in total. The Morgan fingerprint density at radius 3 is 2.33 bits per heavy atom. The zero-order chi connectivity index (χ0) is 21.7. The number of carbonyl (C=O) groups excluding carboxylic acids is 2.